The molecule has 3 nitrogen and oxygen atoms in total. The van der Waals surface area contributed by atoms with Gasteiger partial charge in [-0.2, -0.15) is 11.8 Å². The summed E-state index contributed by atoms with van der Waals surface area (Å²) in [6, 6.07) is 7.94. The van der Waals surface area contributed by atoms with Gasteiger partial charge in [-0.25, -0.2) is 4.79 Å². The van der Waals surface area contributed by atoms with Gasteiger partial charge in [0.1, 0.15) is 0 Å². The lowest BCUT2D eigenvalue weighted by molar-refractivity contribution is 0.656. The average molecular weight is 236 g/mol. The predicted molar refractivity (Wildman–Crippen MR) is 70.2 cm³/mol. The highest BCUT2D eigenvalue weighted by Crippen LogP contribution is 2.12. The maximum Gasteiger partial charge on any atom is 0.328 e. The van der Waals surface area contributed by atoms with Crippen LogP contribution in [-0.2, 0) is 13.6 Å². The molecule has 1 heterocycles. The van der Waals surface area contributed by atoms with Gasteiger partial charge in [0.2, 0.25) is 0 Å². The second-order valence-corrected chi connectivity index (χ2v) is 4.81. The SMILES string of the molecule is CSCCCn1c(=O)n(C)c2ccccc21. The third-order valence-corrected chi connectivity index (χ3v) is 3.48. The van der Waals surface area contributed by atoms with Gasteiger partial charge in [-0.3, -0.25) is 9.13 Å². The first-order valence-electron chi connectivity index (χ1n) is 5.39. The summed E-state index contributed by atoms with van der Waals surface area (Å²) in [4.78, 5) is 12.0. The molecule has 0 bridgehead atoms. The Bertz CT molecular complexity index is 541. The van der Waals surface area contributed by atoms with E-state index in [1.165, 1.54) is 0 Å². The van der Waals surface area contributed by atoms with Crippen molar-refractivity contribution in [3.8, 4) is 0 Å². The molecule has 0 aliphatic carbocycles. The molecule has 16 heavy (non-hydrogen) atoms. The molecule has 0 saturated carbocycles. The Kier molecular flexibility index (Phi) is 3.39. The number of benzene rings is 1. The zero-order valence-electron chi connectivity index (χ0n) is 9.64. The smallest absolute Gasteiger partial charge is 0.295 e. The van der Waals surface area contributed by atoms with E-state index in [1.54, 1.807) is 4.57 Å². The molecule has 0 saturated heterocycles. The van der Waals surface area contributed by atoms with Crippen molar-refractivity contribution >= 4 is 22.8 Å². The van der Waals surface area contributed by atoms with E-state index in [0.29, 0.717) is 0 Å². The number of imidazole rings is 1. The molecule has 2 aromatic rings. The Balaban J connectivity index is 2.43. The van der Waals surface area contributed by atoms with Crippen LogP contribution in [-0.4, -0.2) is 21.1 Å². The van der Waals surface area contributed by atoms with E-state index in [1.807, 2.05) is 47.6 Å². The molecule has 1 aromatic carbocycles. The van der Waals surface area contributed by atoms with E-state index >= 15 is 0 Å². The molecule has 86 valence electrons. The molecular weight excluding hydrogens is 220 g/mol. The zero-order valence-corrected chi connectivity index (χ0v) is 10.5. The Labute approximate surface area is 99.1 Å². The van der Waals surface area contributed by atoms with Crippen LogP contribution in [0.4, 0.5) is 0 Å². The van der Waals surface area contributed by atoms with Gasteiger partial charge in [-0.15, -0.1) is 0 Å². The summed E-state index contributed by atoms with van der Waals surface area (Å²) >= 11 is 1.82. The van der Waals surface area contributed by atoms with E-state index in [-0.39, 0.29) is 5.69 Å². The van der Waals surface area contributed by atoms with E-state index in [4.69, 9.17) is 0 Å². The van der Waals surface area contributed by atoms with Gasteiger partial charge in [-0.1, -0.05) is 12.1 Å². The summed E-state index contributed by atoms with van der Waals surface area (Å²) in [5.74, 6) is 1.09. The van der Waals surface area contributed by atoms with Crippen LogP contribution in [0.2, 0.25) is 0 Å². The van der Waals surface area contributed by atoms with Crippen LogP contribution in [0, 0.1) is 0 Å². The summed E-state index contributed by atoms with van der Waals surface area (Å²) in [7, 11) is 1.83. The largest absolute Gasteiger partial charge is 0.328 e. The van der Waals surface area contributed by atoms with Crippen molar-refractivity contribution in [1.29, 1.82) is 0 Å². The van der Waals surface area contributed by atoms with E-state index < -0.39 is 0 Å². The third-order valence-electron chi connectivity index (χ3n) is 2.78. The number of hydrogen-bond donors (Lipinski definition) is 0. The first kappa shape index (κ1) is 11.3. The van der Waals surface area contributed by atoms with Crippen LogP contribution in [0.15, 0.2) is 29.1 Å². The van der Waals surface area contributed by atoms with Crippen molar-refractivity contribution in [1.82, 2.24) is 9.13 Å². The monoisotopic (exact) mass is 236 g/mol. The molecule has 0 radical (unpaired) electrons. The number of hydrogen-bond acceptors (Lipinski definition) is 2. The summed E-state index contributed by atoms with van der Waals surface area (Å²) in [6.07, 6.45) is 3.13. The quantitative estimate of drug-likeness (QED) is 0.760. The molecule has 0 N–H and O–H groups in total. The van der Waals surface area contributed by atoms with Crippen molar-refractivity contribution in [3.63, 3.8) is 0 Å². The van der Waals surface area contributed by atoms with Crippen molar-refractivity contribution in [2.24, 2.45) is 7.05 Å². The predicted octanol–water partition coefficient (Wildman–Crippen LogP) is 2.09. The Morgan fingerprint density at radius 3 is 2.62 bits per heavy atom. The second-order valence-electron chi connectivity index (χ2n) is 3.83. The standard InChI is InChI=1S/C12H16N2OS/c1-13-10-6-3-4-7-11(10)14(12(13)15)8-5-9-16-2/h3-4,6-7H,5,8-9H2,1-2H3. The van der Waals surface area contributed by atoms with Gasteiger partial charge in [0, 0.05) is 13.6 Å². The van der Waals surface area contributed by atoms with Crippen LogP contribution in [0.25, 0.3) is 11.0 Å². The van der Waals surface area contributed by atoms with Gasteiger partial charge in [0.05, 0.1) is 11.0 Å². The normalized spacial score (nSPS) is 11.1. The summed E-state index contributed by atoms with van der Waals surface area (Å²) in [6.45, 7) is 0.807. The number of thioether (sulfide) groups is 1. The fourth-order valence-corrected chi connectivity index (χ4v) is 2.36. The number of para-hydroxylation sites is 2. The highest BCUT2D eigenvalue weighted by molar-refractivity contribution is 7.98. The van der Waals surface area contributed by atoms with Gasteiger partial charge >= 0.3 is 5.69 Å². The fraction of sp³-hybridized carbons (Fsp3) is 0.417. The number of aryl methyl sites for hydroxylation is 2. The third kappa shape index (κ3) is 1.89. The molecule has 1 aromatic heterocycles. The lowest BCUT2D eigenvalue weighted by atomic mass is 10.3. The Morgan fingerprint density at radius 1 is 1.25 bits per heavy atom. The number of fused-ring (bicyclic) bond motifs is 1. The summed E-state index contributed by atoms with van der Waals surface area (Å²) in [5, 5.41) is 0. The first-order chi connectivity index (χ1) is 7.75. The van der Waals surface area contributed by atoms with Gasteiger partial charge < -0.3 is 0 Å². The minimum absolute atomic E-state index is 0.0855. The first-order valence-corrected chi connectivity index (χ1v) is 6.78. The minimum Gasteiger partial charge on any atom is -0.295 e. The lowest BCUT2D eigenvalue weighted by Gasteiger charge is -2.01. The summed E-state index contributed by atoms with van der Waals surface area (Å²) in [5.41, 5.74) is 2.13. The molecular formula is C12H16N2OS. The maximum absolute atomic E-state index is 12.0. The topological polar surface area (TPSA) is 26.9 Å². The number of nitrogens with zero attached hydrogens (tertiary/aromatic N) is 2. The Morgan fingerprint density at radius 2 is 1.94 bits per heavy atom. The fourth-order valence-electron chi connectivity index (χ4n) is 1.95. The van der Waals surface area contributed by atoms with Crippen LogP contribution in [0.5, 0.6) is 0 Å². The highest BCUT2D eigenvalue weighted by Gasteiger charge is 2.08. The van der Waals surface area contributed by atoms with Gasteiger partial charge in [0.25, 0.3) is 0 Å². The van der Waals surface area contributed by atoms with Gasteiger partial charge in [0.15, 0.2) is 0 Å². The number of aromatic nitrogens is 2. The lowest BCUT2D eigenvalue weighted by Crippen LogP contribution is -2.22. The average Bonchev–Trinajstić information content (AvgIpc) is 2.55. The molecule has 0 aliphatic rings. The Hall–Kier alpha value is -1.16. The number of rotatable bonds is 4. The van der Waals surface area contributed by atoms with Crippen molar-refractivity contribution in [2.45, 2.75) is 13.0 Å². The van der Waals surface area contributed by atoms with Crippen LogP contribution in [0.1, 0.15) is 6.42 Å². The van der Waals surface area contributed by atoms with Crippen molar-refractivity contribution in [2.75, 3.05) is 12.0 Å². The molecule has 0 atom stereocenters. The van der Waals surface area contributed by atoms with Crippen LogP contribution < -0.4 is 5.69 Å². The molecule has 0 fully saturated rings. The molecule has 0 spiro atoms. The second kappa shape index (κ2) is 4.78. The highest BCUT2D eigenvalue weighted by atomic mass is 32.2. The molecule has 0 amide bonds. The molecule has 2 rings (SSSR count). The molecule has 0 unspecified atom stereocenters. The van der Waals surface area contributed by atoms with Crippen molar-refractivity contribution < 1.29 is 0 Å². The van der Waals surface area contributed by atoms with E-state index in [9.17, 15) is 4.79 Å². The molecule has 0 aliphatic heterocycles. The van der Waals surface area contributed by atoms with Gasteiger partial charge in [-0.05, 0) is 30.6 Å². The molecule has 4 heteroatoms. The van der Waals surface area contributed by atoms with E-state index in [2.05, 4.69) is 6.26 Å². The van der Waals surface area contributed by atoms with Crippen LogP contribution >= 0.6 is 11.8 Å². The maximum atomic E-state index is 12.0. The van der Waals surface area contributed by atoms with E-state index in [0.717, 1.165) is 29.8 Å². The minimum atomic E-state index is 0.0855. The van der Waals surface area contributed by atoms with Crippen LogP contribution in [0.3, 0.4) is 0 Å². The summed E-state index contributed by atoms with van der Waals surface area (Å²) < 4.78 is 3.58. The van der Waals surface area contributed by atoms with Crippen molar-refractivity contribution in [3.05, 3.63) is 34.7 Å². The zero-order chi connectivity index (χ0) is 11.5.